The molecule has 2 amide bonds. The van der Waals surface area contributed by atoms with E-state index in [1.807, 2.05) is 0 Å². The summed E-state index contributed by atoms with van der Waals surface area (Å²) < 4.78 is 4.63. The second-order valence-corrected chi connectivity index (χ2v) is 1.52. The predicted molar refractivity (Wildman–Crippen MR) is 32.4 cm³/mol. The molecule has 4 N–H and O–H groups in total. The summed E-state index contributed by atoms with van der Waals surface area (Å²) in [6, 6.07) is -0.646. The number of carbonyl (C=O) groups is 1. The Morgan fingerprint density at radius 2 is 2.33 bits per heavy atom. The average molecular weight is 133 g/mol. The van der Waals surface area contributed by atoms with Crippen molar-refractivity contribution in [3.05, 3.63) is 0 Å². The molecule has 5 heteroatoms. The van der Waals surface area contributed by atoms with Crippen LogP contribution in [0.5, 0.6) is 0 Å². The molecule has 0 bridgehead atoms. The molecule has 0 aliphatic carbocycles. The third kappa shape index (κ3) is 3.75. The van der Waals surface area contributed by atoms with Crippen LogP contribution >= 0.6 is 0 Å². The Labute approximate surface area is 53.5 Å². The zero-order valence-electron chi connectivity index (χ0n) is 5.33. The van der Waals surface area contributed by atoms with Crippen LogP contribution in [-0.4, -0.2) is 31.3 Å². The van der Waals surface area contributed by atoms with Gasteiger partial charge in [0.2, 0.25) is 0 Å². The number of hydrogen-bond acceptors (Lipinski definition) is 3. The van der Waals surface area contributed by atoms with Gasteiger partial charge in [0.05, 0.1) is 13.2 Å². The molecule has 0 aliphatic heterocycles. The maximum absolute atomic E-state index is 10.2. The van der Waals surface area contributed by atoms with Crippen molar-refractivity contribution < 1.29 is 9.53 Å². The van der Waals surface area contributed by atoms with Gasteiger partial charge >= 0.3 is 6.03 Å². The fourth-order valence-electron chi connectivity index (χ4n) is 0.300. The number of rotatable bonds is 3. The van der Waals surface area contributed by atoms with Crippen molar-refractivity contribution in [3.8, 4) is 0 Å². The summed E-state index contributed by atoms with van der Waals surface area (Å²) in [5.74, 6) is 5.08. The van der Waals surface area contributed by atoms with Gasteiger partial charge < -0.3 is 10.5 Å². The fourth-order valence-corrected chi connectivity index (χ4v) is 0.300. The maximum atomic E-state index is 10.2. The smallest absolute Gasteiger partial charge is 0.328 e. The topological polar surface area (TPSA) is 81.6 Å². The van der Waals surface area contributed by atoms with E-state index in [0.29, 0.717) is 13.2 Å². The number of hydrogen-bond donors (Lipinski definition) is 2. The standard InChI is InChI=1S/C4H11N3O2/c1-9-3-2-7(6)4(5)8/h2-3,6H2,1H3,(H2,5,8). The third-order valence-corrected chi connectivity index (χ3v) is 0.819. The van der Waals surface area contributed by atoms with Crippen molar-refractivity contribution in [3.63, 3.8) is 0 Å². The predicted octanol–water partition coefficient (Wildman–Crippen LogP) is -1.11. The van der Waals surface area contributed by atoms with Crippen LogP contribution in [-0.2, 0) is 4.74 Å². The van der Waals surface area contributed by atoms with Gasteiger partial charge in [0, 0.05) is 7.11 Å². The van der Waals surface area contributed by atoms with E-state index in [2.05, 4.69) is 4.74 Å². The molecule has 0 saturated heterocycles. The van der Waals surface area contributed by atoms with Crippen LogP contribution < -0.4 is 11.6 Å². The number of amides is 2. The summed E-state index contributed by atoms with van der Waals surface area (Å²) in [5, 5.41) is 0.892. The number of hydrazine groups is 1. The Morgan fingerprint density at radius 1 is 1.78 bits per heavy atom. The summed E-state index contributed by atoms with van der Waals surface area (Å²) in [6.45, 7) is 0.727. The lowest BCUT2D eigenvalue weighted by Crippen LogP contribution is -2.43. The highest BCUT2D eigenvalue weighted by Gasteiger charge is 2.00. The lowest BCUT2D eigenvalue weighted by Gasteiger charge is -2.11. The molecule has 0 aromatic carbocycles. The molecular formula is C4H11N3O2. The number of nitrogens with two attached hydrogens (primary N) is 2. The van der Waals surface area contributed by atoms with E-state index in [1.54, 1.807) is 0 Å². The summed E-state index contributed by atoms with van der Waals surface area (Å²) in [4.78, 5) is 10.2. The molecule has 0 rings (SSSR count). The van der Waals surface area contributed by atoms with E-state index in [-0.39, 0.29) is 0 Å². The zero-order chi connectivity index (χ0) is 7.28. The van der Waals surface area contributed by atoms with Gasteiger partial charge in [-0.1, -0.05) is 0 Å². The van der Waals surface area contributed by atoms with E-state index in [0.717, 1.165) is 5.01 Å². The van der Waals surface area contributed by atoms with Gasteiger partial charge in [0.1, 0.15) is 0 Å². The number of methoxy groups -OCH3 is 1. The first-order valence-electron chi connectivity index (χ1n) is 2.49. The molecule has 0 spiro atoms. The number of urea groups is 1. The molecule has 0 aromatic rings. The van der Waals surface area contributed by atoms with E-state index in [1.165, 1.54) is 7.11 Å². The van der Waals surface area contributed by atoms with E-state index in [9.17, 15) is 4.79 Å². The number of carbonyl (C=O) groups excluding carboxylic acids is 1. The zero-order valence-corrected chi connectivity index (χ0v) is 5.33. The molecule has 9 heavy (non-hydrogen) atoms. The van der Waals surface area contributed by atoms with Gasteiger partial charge in [-0.25, -0.2) is 10.6 Å². The maximum Gasteiger partial charge on any atom is 0.328 e. The second-order valence-electron chi connectivity index (χ2n) is 1.52. The highest BCUT2D eigenvalue weighted by atomic mass is 16.5. The van der Waals surface area contributed by atoms with Crippen LogP contribution in [0.15, 0.2) is 0 Å². The number of ether oxygens (including phenoxy) is 1. The van der Waals surface area contributed by atoms with Gasteiger partial charge in [-0.15, -0.1) is 0 Å². The van der Waals surface area contributed by atoms with Crippen molar-refractivity contribution in [2.75, 3.05) is 20.3 Å². The van der Waals surface area contributed by atoms with Crippen LogP contribution in [0.2, 0.25) is 0 Å². The van der Waals surface area contributed by atoms with Gasteiger partial charge in [-0.2, -0.15) is 0 Å². The number of nitrogens with zero attached hydrogens (tertiary/aromatic N) is 1. The lowest BCUT2D eigenvalue weighted by molar-refractivity contribution is 0.154. The van der Waals surface area contributed by atoms with Crippen molar-refractivity contribution in [1.82, 2.24) is 5.01 Å². The molecule has 0 fully saturated rings. The molecule has 0 atom stereocenters. The summed E-state index contributed by atoms with van der Waals surface area (Å²) in [6.07, 6.45) is 0. The molecule has 5 nitrogen and oxygen atoms in total. The van der Waals surface area contributed by atoms with Crippen molar-refractivity contribution in [1.29, 1.82) is 0 Å². The summed E-state index contributed by atoms with van der Waals surface area (Å²) in [5.41, 5.74) is 4.78. The summed E-state index contributed by atoms with van der Waals surface area (Å²) >= 11 is 0. The minimum absolute atomic E-state index is 0.325. The van der Waals surface area contributed by atoms with Crippen LogP contribution in [0.25, 0.3) is 0 Å². The second kappa shape index (κ2) is 4.11. The Balaban J connectivity index is 3.27. The van der Waals surface area contributed by atoms with Crippen molar-refractivity contribution in [2.45, 2.75) is 0 Å². The minimum Gasteiger partial charge on any atom is -0.383 e. The monoisotopic (exact) mass is 133 g/mol. The lowest BCUT2D eigenvalue weighted by atomic mass is 10.6. The molecule has 0 aromatic heterocycles. The minimum atomic E-state index is -0.646. The van der Waals surface area contributed by atoms with Crippen LogP contribution in [0.1, 0.15) is 0 Å². The number of primary amides is 1. The highest BCUT2D eigenvalue weighted by Crippen LogP contribution is 1.75. The summed E-state index contributed by atoms with van der Waals surface area (Å²) in [7, 11) is 1.52. The van der Waals surface area contributed by atoms with E-state index >= 15 is 0 Å². The van der Waals surface area contributed by atoms with Gasteiger partial charge in [0.15, 0.2) is 0 Å². The highest BCUT2D eigenvalue weighted by molar-refractivity contribution is 5.71. The average Bonchev–Trinajstić information content (AvgIpc) is 1.82. The largest absolute Gasteiger partial charge is 0.383 e. The molecule has 0 aliphatic rings. The van der Waals surface area contributed by atoms with Crippen molar-refractivity contribution in [2.24, 2.45) is 11.6 Å². The van der Waals surface area contributed by atoms with Gasteiger partial charge in [-0.3, -0.25) is 5.01 Å². The molecule has 0 heterocycles. The normalized spacial score (nSPS) is 9.11. The van der Waals surface area contributed by atoms with E-state index in [4.69, 9.17) is 11.6 Å². The SMILES string of the molecule is COCCN(N)C(N)=O. The molecular weight excluding hydrogens is 122 g/mol. The fraction of sp³-hybridized carbons (Fsp3) is 0.750. The van der Waals surface area contributed by atoms with Crippen LogP contribution in [0, 0.1) is 0 Å². The Bertz CT molecular complexity index is 95.8. The first-order valence-corrected chi connectivity index (χ1v) is 2.49. The van der Waals surface area contributed by atoms with Crippen LogP contribution in [0.3, 0.4) is 0 Å². The molecule has 0 radical (unpaired) electrons. The molecule has 54 valence electrons. The van der Waals surface area contributed by atoms with E-state index < -0.39 is 6.03 Å². The van der Waals surface area contributed by atoms with Gasteiger partial charge in [0.25, 0.3) is 0 Å². The molecule has 0 unspecified atom stereocenters. The molecule has 0 saturated carbocycles. The van der Waals surface area contributed by atoms with Crippen LogP contribution in [0.4, 0.5) is 4.79 Å². The van der Waals surface area contributed by atoms with Gasteiger partial charge in [-0.05, 0) is 0 Å². The Kier molecular flexibility index (Phi) is 3.74. The Morgan fingerprint density at radius 3 is 2.67 bits per heavy atom. The quantitative estimate of drug-likeness (QED) is 0.291. The first kappa shape index (κ1) is 8.19. The Hall–Kier alpha value is -0.810. The third-order valence-electron chi connectivity index (χ3n) is 0.819. The first-order chi connectivity index (χ1) is 4.18. The van der Waals surface area contributed by atoms with Crippen molar-refractivity contribution >= 4 is 6.03 Å².